The van der Waals surface area contributed by atoms with Gasteiger partial charge >= 0.3 is 6.09 Å². The lowest BCUT2D eigenvalue weighted by Crippen LogP contribution is -2.54. The van der Waals surface area contributed by atoms with Crippen LogP contribution in [0.5, 0.6) is 5.75 Å². The number of nitrogens with zero attached hydrogens (tertiary/aromatic N) is 2. The van der Waals surface area contributed by atoms with Crippen LogP contribution in [0.3, 0.4) is 0 Å². The Balaban J connectivity index is 1.73. The van der Waals surface area contributed by atoms with Gasteiger partial charge in [0.05, 0.1) is 26.3 Å². The maximum atomic E-state index is 13.7. The Hall–Kier alpha value is -2.32. The van der Waals surface area contributed by atoms with Crippen LogP contribution in [0.4, 0.5) is 4.79 Å². The van der Waals surface area contributed by atoms with Crippen molar-refractivity contribution in [3.63, 3.8) is 0 Å². The quantitative estimate of drug-likeness (QED) is 0.454. The Morgan fingerprint density at radius 3 is 2.57 bits per heavy atom. The van der Waals surface area contributed by atoms with Gasteiger partial charge in [-0.1, -0.05) is 12.1 Å². The molecule has 1 aliphatic carbocycles. The van der Waals surface area contributed by atoms with Gasteiger partial charge in [-0.15, -0.1) is 0 Å². The molecule has 3 rings (SSSR count). The van der Waals surface area contributed by atoms with Gasteiger partial charge in [0.2, 0.25) is 0 Å². The molecule has 1 saturated heterocycles. The summed E-state index contributed by atoms with van der Waals surface area (Å²) in [7, 11) is 3.41. The molecule has 1 heterocycles. The molecule has 35 heavy (non-hydrogen) atoms. The van der Waals surface area contributed by atoms with Crippen molar-refractivity contribution < 1.29 is 28.5 Å². The number of rotatable bonds is 10. The van der Waals surface area contributed by atoms with E-state index >= 15 is 0 Å². The summed E-state index contributed by atoms with van der Waals surface area (Å²) in [6.07, 6.45) is 3.75. The lowest BCUT2D eigenvalue weighted by Gasteiger charge is -2.38. The highest BCUT2D eigenvalue weighted by atomic mass is 16.6. The van der Waals surface area contributed by atoms with Crippen molar-refractivity contribution in [2.24, 2.45) is 0 Å². The Kier molecular flexibility index (Phi) is 9.41. The van der Waals surface area contributed by atoms with Crippen molar-refractivity contribution in [1.82, 2.24) is 9.80 Å². The second-order valence-corrected chi connectivity index (χ2v) is 10.5. The van der Waals surface area contributed by atoms with Gasteiger partial charge in [-0.05, 0) is 77.0 Å². The predicted octanol–water partition coefficient (Wildman–Crippen LogP) is 4.35. The molecule has 2 atom stereocenters. The molecule has 1 aromatic carbocycles. The molecule has 2 fully saturated rings. The number of morpholine rings is 1. The third kappa shape index (κ3) is 7.58. The highest BCUT2D eigenvalue weighted by molar-refractivity contribution is 5.83. The molecule has 0 aromatic heterocycles. The van der Waals surface area contributed by atoms with E-state index in [1.807, 2.05) is 37.8 Å². The van der Waals surface area contributed by atoms with Crippen LogP contribution in [-0.4, -0.2) is 80.1 Å². The first-order chi connectivity index (χ1) is 16.6. The number of benzene rings is 1. The first-order valence-electron chi connectivity index (χ1n) is 12.7. The van der Waals surface area contributed by atoms with Crippen LogP contribution in [0.1, 0.15) is 70.5 Å². The number of methoxy groups -OCH3 is 2. The number of ether oxygens (including phenoxy) is 4. The van der Waals surface area contributed by atoms with Crippen molar-refractivity contribution in [3.8, 4) is 5.75 Å². The first kappa shape index (κ1) is 27.3. The van der Waals surface area contributed by atoms with Crippen LogP contribution in [-0.2, 0) is 25.4 Å². The molecule has 0 spiro atoms. The Morgan fingerprint density at radius 1 is 1.20 bits per heavy atom. The molecule has 0 radical (unpaired) electrons. The van der Waals surface area contributed by atoms with E-state index in [1.165, 1.54) is 0 Å². The van der Waals surface area contributed by atoms with E-state index < -0.39 is 17.8 Å². The van der Waals surface area contributed by atoms with Gasteiger partial charge in [0, 0.05) is 26.3 Å². The lowest BCUT2D eigenvalue weighted by atomic mass is 9.99. The molecule has 2 amide bonds. The number of aryl methyl sites for hydroxylation is 1. The summed E-state index contributed by atoms with van der Waals surface area (Å²) in [5.41, 5.74) is 1.63. The van der Waals surface area contributed by atoms with Crippen molar-refractivity contribution in [2.45, 2.75) is 83.6 Å². The molecule has 8 nitrogen and oxygen atoms in total. The van der Waals surface area contributed by atoms with Crippen molar-refractivity contribution in [1.29, 1.82) is 0 Å². The molecule has 196 valence electrons. The maximum Gasteiger partial charge on any atom is 0.410 e. The summed E-state index contributed by atoms with van der Waals surface area (Å²) in [4.78, 5) is 29.8. The summed E-state index contributed by atoms with van der Waals surface area (Å²) in [5.74, 6) is 0.803. The highest BCUT2D eigenvalue weighted by Gasteiger charge is 2.42. The molecule has 8 heteroatoms. The van der Waals surface area contributed by atoms with Gasteiger partial charge in [-0.3, -0.25) is 4.79 Å². The zero-order chi connectivity index (χ0) is 25.6. The van der Waals surface area contributed by atoms with E-state index in [2.05, 4.69) is 13.0 Å². The fraction of sp³-hybridized carbons (Fsp3) is 0.704. The topological polar surface area (TPSA) is 77.5 Å². The van der Waals surface area contributed by atoms with Crippen LogP contribution < -0.4 is 4.74 Å². The van der Waals surface area contributed by atoms with E-state index in [1.54, 1.807) is 19.1 Å². The van der Waals surface area contributed by atoms with Gasteiger partial charge in [0.15, 0.2) is 6.10 Å². The number of hydrogen-bond acceptors (Lipinski definition) is 6. The smallest absolute Gasteiger partial charge is 0.410 e. The minimum absolute atomic E-state index is 0.0641. The third-order valence-electron chi connectivity index (χ3n) is 6.44. The minimum Gasteiger partial charge on any atom is -0.496 e. The van der Waals surface area contributed by atoms with E-state index in [-0.39, 0.29) is 24.5 Å². The maximum absolute atomic E-state index is 13.7. The SMILES string of the molecule is COCCCCc1cc(C(C)N(C(=O)[C@H]2CN(C(=O)OC(C)(C)C)CCO2)C2CC2)ccc1OC. The highest BCUT2D eigenvalue weighted by Crippen LogP contribution is 2.37. The van der Waals surface area contributed by atoms with Crippen molar-refractivity contribution in [3.05, 3.63) is 29.3 Å². The van der Waals surface area contributed by atoms with Gasteiger partial charge < -0.3 is 28.7 Å². The van der Waals surface area contributed by atoms with Crippen LogP contribution in [0.25, 0.3) is 0 Å². The summed E-state index contributed by atoms with van der Waals surface area (Å²) >= 11 is 0. The van der Waals surface area contributed by atoms with Crippen LogP contribution >= 0.6 is 0 Å². The number of carbonyl (C=O) groups excluding carboxylic acids is 2. The summed E-state index contributed by atoms with van der Waals surface area (Å²) in [6, 6.07) is 6.28. The zero-order valence-corrected chi connectivity index (χ0v) is 22.2. The normalized spacial score (nSPS) is 19.3. The second-order valence-electron chi connectivity index (χ2n) is 10.5. The first-order valence-corrected chi connectivity index (χ1v) is 12.7. The Labute approximate surface area is 209 Å². The largest absolute Gasteiger partial charge is 0.496 e. The Bertz CT molecular complexity index is 864. The number of unbranched alkanes of at least 4 members (excludes halogenated alkanes) is 1. The van der Waals surface area contributed by atoms with Crippen LogP contribution in [0.2, 0.25) is 0 Å². The van der Waals surface area contributed by atoms with Gasteiger partial charge in [0.1, 0.15) is 11.4 Å². The molecule has 1 saturated carbocycles. The summed E-state index contributed by atoms with van der Waals surface area (Å²) in [6.45, 7) is 9.27. The third-order valence-corrected chi connectivity index (χ3v) is 6.44. The van der Waals surface area contributed by atoms with E-state index in [0.29, 0.717) is 13.2 Å². The van der Waals surface area contributed by atoms with E-state index in [4.69, 9.17) is 18.9 Å². The number of carbonyl (C=O) groups is 2. The summed E-state index contributed by atoms with van der Waals surface area (Å²) in [5, 5.41) is 0. The van der Waals surface area contributed by atoms with Gasteiger partial charge in [-0.25, -0.2) is 4.79 Å². The standard InChI is InChI=1S/C27H42N2O6/c1-19(20-10-13-23(33-6)21(17-20)9-7-8-15-32-5)29(22-11-12-22)25(30)24-18-28(14-16-34-24)26(31)35-27(2,3)4/h10,13,17,19,22,24H,7-9,11-12,14-16,18H2,1-6H3/t19?,24-/m1/s1. The molecular weight excluding hydrogens is 448 g/mol. The predicted molar refractivity (Wildman–Crippen MR) is 134 cm³/mol. The molecule has 1 unspecified atom stereocenters. The fourth-order valence-electron chi connectivity index (χ4n) is 4.47. The monoisotopic (exact) mass is 490 g/mol. The zero-order valence-electron chi connectivity index (χ0n) is 22.2. The molecular formula is C27H42N2O6. The summed E-state index contributed by atoms with van der Waals surface area (Å²) < 4.78 is 22.1. The molecule has 0 N–H and O–H groups in total. The van der Waals surface area contributed by atoms with E-state index in [9.17, 15) is 9.59 Å². The average molecular weight is 491 g/mol. The van der Waals surface area contributed by atoms with Crippen LogP contribution in [0.15, 0.2) is 18.2 Å². The number of hydrogen-bond donors (Lipinski definition) is 0. The average Bonchev–Trinajstić information content (AvgIpc) is 3.66. The Morgan fingerprint density at radius 2 is 1.94 bits per heavy atom. The second kappa shape index (κ2) is 12.1. The molecule has 1 aromatic rings. The van der Waals surface area contributed by atoms with Crippen molar-refractivity contribution >= 4 is 12.0 Å². The van der Waals surface area contributed by atoms with Crippen molar-refractivity contribution in [2.75, 3.05) is 40.5 Å². The molecule has 0 bridgehead atoms. The minimum atomic E-state index is -0.689. The number of amides is 2. The molecule has 1 aliphatic heterocycles. The van der Waals surface area contributed by atoms with E-state index in [0.717, 1.165) is 55.6 Å². The van der Waals surface area contributed by atoms with Crippen LogP contribution in [0, 0.1) is 0 Å². The van der Waals surface area contributed by atoms with Gasteiger partial charge in [-0.2, -0.15) is 0 Å². The fourth-order valence-corrected chi connectivity index (χ4v) is 4.47. The van der Waals surface area contributed by atoms with Gasteiger partial charge in [0.25, 0.3) is 5.91 Å². The lowest BCUT2D eigenvalue weighted by molar-refractivity contribution is -0.151. The molecule has 2 aliphatic rings.